The normalized spacial score (nSPS) is 10.3. The fourth-order valence-electron chi connectivity index (χ4n) is 2.72. The van der Waals surface area contributed by atoms with E-state index in [4.69, 9.17) is 9.47 Å². The summed E-state index contributed by atoms with van der Waals surface area (Å²) in [5.41, 5.74) is 3.40. The summed E-state index contributed by atoms with van der Waals surface area (Å²) < 4.78 is 13.0. The van der Waals surface area contributed by atoms with Crippen LogP contribution in [-0.2, 0) is 14.1 Å². The van der Waals surface area contributed by atoms with Crippen molar-refractivity contribution in [1.29, 1.82) is 0 Å². The van der Waals surface area contributed by atoms with Gasteiger partial charge in [-0.15, -0.1) is 0 Å². The highest BCUT2D eigenvalue weighted by molar-refractivity contribution is 5.61. The number of aryl methyl sites for hydroxylation is 2. The van der Waals surface area contributed by atoms with E-state index < -0.39 is 0 Å². The van der Waals surface area contributed by atoms with Gasteiger partial charge in [0.05, 0.1) is 25.6 Å². The lowest BCUT2D eigenvalue weighted by molar-refractivity contribution is 0.414. The summed E-state index contributed by atoms with van der Waals surface area (Å²) in [6.07, 6.45) is 0. The maximum Gasteiger partial charge on any atom is 0.209 e. The molecular formula is C22H24N4O4. The molecule has 4 aromatic rings. The van der Waals surface area contributed by atoms with Gasteiger partial charge in [0.15, 0.2) is 0 Å². The summed E-state index contributed by atoms with van der Waals surface area (Å²) in [6.45, 7) is 0. The van der Waals surface area contributed by atoms with Crippen LogP contribution in [0.1, 0.15) is 0 Å². The van der Waals surface area contributed by atoms with Gasteiger partial charge in [0.1, 0.15) is 11.5 Å². The highest BCUT2D eigenvalue weighted by Gasteiger charge is 2.06. The van der Waals surface area contributed by atoms with Crippen molar-refractivity contribution >= 4 is 0 Å². The maximum absolute atomic E-state index is 9.38. The van der Waals surface area contributed by atoms with Crippen molar-refractivity contribution in [2.24, 2.45) is 14.1 Å². The van der Waals surface area contributed by atoms with Gasteiger partial charge in [-0.25, -0.2) is 9.36 Å². The number of rotatable bonds is 4. The standard InChI is InChI=1S/2C11H12N2O2/c2*1-13-11(14)7-10(12-13)8-3-5-9(15-2)6-4-8/h2*3-7,14H,1-2H3. The molecule has 2 aromatic carbocycles. The third-order valence-electron chi connectivity index (χ3n) is 4.48. The topological polar surface area (TPSA) is 94.6 Å². The minimum atomic E-state index is 0.154. The van der Waals surface area contributed by atoms with Crippen molar-refractivity contribution in [2.45, 2.75) is 0 Å². The highest BCUT2D eigenvalue weighted by atomic mass is 16.5. The van der Waals surface area contributed by atoms with Crippen molar-refractivity contribution in [3.05, 3.63) is 60.7 Å². The molecule has 0 atom stereocenters. The van der Waals surface area contributed by atoms with Crippen LogP contribution in [0, 0.1) is 0 Å². The summed E-state index contributed by atoms with van der Waals surface area (Å²) in [4.78, 5) is 0. The van der Waals surface area contributed by atoms with Gasteiger partial charge in [-0.2, -0.15) is 10.2 Å². The van der Waals surface area contributed by atoms with Gasteiger partial charge in [0.25, 0.3) is 0 Å². The van der Waals surface area contributed by atoms with E-state index >= 15 is 0 Å². The summed E-state index contributed by atoms with van der Waals surface area (Å²) in [5.74, 6) is 1.92. The second kappa shape index (κ2) is 9.04. The number of benzene rings is 2. The van der Waals surface area contributed by atoms with E-state index in [1.807, 2.05) is 48.5 Å². The van der Waals surface area contributed by atoms with Crippen LogP contribution in [0.2, 0.25) is 0 Å². The van der Waals surface area contributed by atoms with Crippen molar-refractivity contribution in [3.63, 3.8) is 0 Å². The monoisotopic (exact) mass is 408 g/mol. The van der Waals surface area contributed by atoms with E-state index in [0.717, 1.165) is 34.0 Å². The Morgan fingerprint density at radius 2 is 0.967 bits per heavy atom. The molecule has 0 bridgehead atoms. The van der Waals surface area contributed by atoms with E-state index in [-0.39, 0.29) is 11.8 Å². The molecular weight excluding hydrogens is 384 g/mol. The van der Waals surface area contributed by atoms with Crippen LogP contribution in [0.5, 0.6) is 23.3 Å². The Morgan fingerprint density at radius 3 is 1.20 bits per heavy atom. The van der Waals surface area contributed by atoms with Crippen LogP contribution in [0.15, 0.2) is 60.7 Å². The number of hydrogen-bond donors (Lipinski definition) is 2. The number of methoxy groups -OCH3 is 2. The van der Waals surface area contributed by atoms with E-state index in [2.05, 4.69) is 10.2 Å². The van der Waals surface area contributed by atoms with Gasteiger partial charge in [0, 0.05) is 37.4 Å². The first-order valence-electron chi connectivity index (χ1n) is 9.16. The number of aromatic hydroxyl groups is 2. The number of ether oxygens (including phenoxy) is 2. The first kappa shape index (κ1) is 20.8. The molecule has 8 nitrogen and oxygen atoms in total. The van der Waals surface area contributed by atoms with Crippen LogP contribution in [0.4, 0.5) is 0 Å². The summed E-state index contributed by atoms with van der Waals surface area (Å²) in [6, 6.07) is 18.3. The van der Waals surface area contributed by atoms with Crippen LogP contribution in [0.25, 0.3) is 22.5 Å². The molecule has 0 spiro atoms. The van der Waals surface area contributed by atoms with Crippen molar-refractivity contribution in [1.82, 2.24) is 19.6 Å². The zero-order valence-electron chi connectivity index (χ0n) is 17.3. The molecule has 0 aliphatic heterocycles. The molecule has 2 aromatic heterocycles. The second-order valence-corrected chi connectivity index (χ2v) is 6.48. The Kier molecular flexibility index (Phi) is 6.26. The molecule has 8 heteroatoms. The quantitative estimate of drug-likeness (QED) is 0.536. The van der Waals surface area contributed by atoms with Gasteiger partial charge in [-0.3, -0.25) is 0 Å². The number of nitrogens with zero attached hydrogens (tertiary/aromatic N) is 4. The second-order valence-electron chi connectivity index (χ2n) is 6.48. The molecule has 156 valence electrons. The third kappa shape index (κ3) is 4.72. The molecule has 0 unspecified atom stereocenters. The lowest BCUT2D eigenvalue weighted by Gasteiger charge is -2.00. The smallest absolute Gasteiger partial charge is 0.209 e. The Labute approximate surface area is 174 Å². The predicted molar refractivity (Wildman–Crippen MR) is 114 cm³/mol. The fourth-order valence-corrected chi connectivity index (χ4v) is 2.72. The van der Waals surface area contributed by atoms with E-state index in [9.17, 15) is 10.2 Å². The fraction of sp³-hybridized carbons (Fsp3) is 0.182. The molecule has 0 aliphatic rings. The SMILES string of the molecule is COc1ccc(-c2cc(O)n(C)n2)cc1.COc1ccc(-c2cc(O)n(C)n2)cc1. The summed E-state index contributed by atoms with van der Waals surface area (Å²) in [7, 11) is 6.65. The van der Waals surface area contributed by atoms with Gasteiger partial charge in [-0.1, -0.05) is 0 Å². The summed E-state index contributed by atoms with van der Waals surface area (Å²) in [5, 5.41) is 27.1. The van der Waals surface area contributed by atoms with Crippen molar-refractivity contribution < 1.29 is 19.7 Å². The van der Waals surface area contributed by atoms with Crippen LogP contribution < -0.4 is 9.47 Å². The predicted octanol–water partition coefficient (Wildman–Crippen LogP) is 3.60. The summed E-state index contributed by atoms with van der Waals surface area (Å²) >= 11 is 0. The molecule has 0 aliphatic carbocycles. The van der Waals surface area contributed by atoms with E-state index in [1.165, 1.54) is 9.36 Å². The zero-order valence-corrected chi connectivity index (χ0v) is 17.3. The Hall–Kier alpha value is -3.94. The Morgan fingerprint density at radius 1 is 0.633 bits per heavy atom. The molecule has 0 amide bonds. The lowest BCUT2D eigenvalue weighted by Crippen LogP contribution is -1.89. The van der Waals surface area contributed by atoms with E-state index in [0.29, 0.717) is 0 Å². The average molecular weight is 408 g/mol. The molecule has 0 fully saturated rings. The van der Waals surface area contributed by atoms with Gasteiger partial charge >= 0.3 is 0 Å². The van der Waals surface area contributed by atoms with Crippen LogP contribution >= 0.6 is 0 Å². The molecule has 2 N–H and O–H groups in total. The Bertz CT molecular complexity index is 971. The molecule has 2 heterocycles. The van der Waals surface area contributed by atoms with Crippen LogP contribution in [-0.4, -0.2) is 44.0 Å². The van der Waals surface area contributed by atoms with Gasteiger partial charge in [0.2, 0.25) is 11.8 Å². The minimum absolute atomic E-state index is 0.154. The number of aromatic nitrogens is 4. The number of hydrogen-bond acceptors (Lipinski definition) is 6. The molecule has 0 saturated carbocycles. The average Bonchev–Trinajstić information content (AvgIpc) is 3.29. The van der Waals surface area contributed by atoms with Crippen molar-refractivity contribution in [2.75, 3.05) is 14.2 Å². The van der Waals surface area contributed by atoms with E-state index in [1.54, 1.807) is 40.4 Å². The lowest BCUT2D eigenvalue weighted by atomic mass is 10.1. The van der Waals surface area contributed by atoms with Gasteiger partial charge < -0.3 is 19.7 Å². The molecule has 4 rings (SSSR count). The van der Waals surface area contributed by atoms with Crippen molar-refractivity contribution in [3.8, 4) is 45.8 Å². The first-order valence-corrected chi connectivity index (χ1v) is 9.16. The third-order valence-corrected chi connectivity index (χ3v) is 4.48. The largest absolute Gasteiger partial charge is 0.497 e. The highest BCUT2D eigenvalue weighted by Crippen LogP contribution is 2.24. The molecule has 0 radical (unpaired) electrons. The minimum Gasteiger partial charge on any atom is -0.497 e. The Balaban J connectivity index is 0.000000171. The molecule has 30 heavy (non-hydrogen) atoms. The van der Waals surface area contributed by atoms with Crippen LogP contribution in [0.3, 0.4) is 0 Å². The first-order chi connectivity index (χ1) is 14.4. The van der Waals surface area contributed by atoms with Gasteiger partial charge in [-0.05, 0) is 48.5 Å². The zero-order chi connectivity index (χ0) is 21.7. The molecule has 0 saturated heterocycles. The maximum atomic E-state index is 9.38.